The molecular formula is C19H24ClN5O4. The van der Waals surface area contributed by atoms with E-state index < -0.39 is 5.97 Å². The molecule has 29 heavy (non-hydrogen) atoms. The van der Waals surface area contributed by atoms with Crippen molar-refractivity contribution in [2.24, 2.45) is 0 Å². The molecule has 0 saturated carbocycles. The second-order valence-electron chi connectivity index (χ2n) is 6.69. The predicted octanol–water partition coefficient (Wildman–Crippen LogP) is 1.83. The molecule has 0 aliphatic carbocycles. The molecule has 10 heteroatoms. The van der Waals surface area contributed by atoms with Crippen LogP contribution in [0.2, 0.25) is 5.15 Å². The van der Waals surface area contributed by atoms with Gasteiger partial charge in [0.25, 0.3) is 5.91 Å². The first-order valence-electron chi connectivity index (χ1n) is 9.34. The number of methoxy groups -OCH3 is 2. The molecular weight excluding hydrogens is 398 g/mol. The van der Waals surface area contributed by atoms with Crippen LogP contribution in [-0.2, 0) is 15.9 Å². The molecule has 0 aromatic carbocycles. The van der Waals surface area contributed by atoms with E-state index in [1.807, 2.05) is 6.92 Å². The Balaban J connectivity index is 1.64. The lowest BCUT2D eigenvalue weighted by atomic mass is 10.0. The van der Waals surface area contributed by atoms with Gasteiger partial charge in [0.1, 0.15) is 5.82 Å². The number of piperidine rings is 1. The van der Waals surface area contributed by atoms with Gasteiger partial charge in [-0.05, 0) is 25.0 Å². The average Bonchev–Trinajstić information content (AvgIpc) is 3.14. The Morgan fingerprint density at radius 1 is 1.38 bits per heavy atom. The monoisotopic (exact) mass is 421 g/mol. The largest absolute Gasteiger partial charge is 0.465 e. The van der Waals surface area contributed by atoms with Crippen LogP contribution in [0.4, 0.5) is 5.82 Å². The zero-order chi connectivity index (χ0) is 21.0. The number of amides is 1. The van der Waals surface area contributed by atoms with Gasteiger partial charge in [-0.25, -0.2) is 14.8 Å². The normalized spacial score (nSPS) is 19.1. The summed E-state index contributed by atoms with van der Waals surface area (Å²) in [5.74, 6) is 0.191. The highest BCUT2D eigenvalue weighted by molar-refractivity contribution is 6.30. The van der Waals surface area contributed by atoms with Gasteiger partial charge >= 0.3 is 5.97 Å². The van der Waals surface area contributed by atoms with Crippen LogP contribution in [0, 0.1) is 0 Å². The number of aromatic nitrogens is 3. The van der Waals surface area contributed by atoms with E-state index in [1.165, 1.54) is 13.3 Å². The number of carbonyl (C=O) groups excluding carboxylic acids is 2. The summed E-state index contributed by atoms with van der Waals surface area (Å²) >= 11 is 6.03. The molecule has 1 aliphatic rings. The Hall–Kier alpha value is -2.65. The number of hydrogen-bond acceptors (Lipinski definition) is 7. The van der Waals surface area contributed by atoms with Gasteiger partial charge in [-0.3, -0.25) is 4.79 Å². The maximum absolute atomic E-state index is 12.5. The van der Waals surface area contributed by atoms with Gasteiger partial charge in [-0.2, -0.15) is 0 Å². The Labute approximate surface area is 173 Å². The van der Waals surface area contributed by atoms with Crippen molar-refractivity contribution in [3.05, 3.63) is 40.6 Å². The maximum Gasteiger partial charge on any atom is 0.339 e. The lowest BCUT2D eigenvalue weighted by Gasteiger charge is -2.38. The molecule has 3 rings (SSSR count). The molecule has 2 aromatic rings. The van der Waals surface area contributed by atoms with Crippen LogP contribution in [0.25, 0.3) is 0 Å². The average molecular weight is 422 g/mol. The zero-order valence-electron chi connectivity index (χ0n) is 16.6. The molecule has 3 heterocycles. The summed E-state index contributed by atoms with van der Waals surface area (Å²) in [5.41, 5.74) is 1.13. The van der Waals surface area contributed by atoms with Crippen molar-refractivity contribution in [1.29, 1.82) is 0 Å². The molecule has 9 nitrogen and oxygen atoms in total. The molecule has 156 valence electrons. The summed E-state index contributed by atoms with van der Waals surface area (Å²) in [6.07, 6.45) is 2.59. The molecule has 1 saturated heterocycles. The molecule has 0 bridgehead atoms. The van der Waals surface area contributed by atoms with E-state index >= 15 is 0 Å². The van der Waals surface area contributed by atoms with Gasteiger partial charge in [0, 0.05) is 26.4 Å². The number of halogens is 1. The molecule has 2 aromatic heterocycles. The summed E-state index contributed by atoms with van der Waals surface area (Å²) in [6, 6.07) is 3.28. The Bertz CT molecular complexity index is 870. The fourth-order valence-corrected chi connectivity index (χ4v) is 3.57. The first kappa shape index (κ1) is 21.1. The highest BCUT2D eigenvalue weighted by Gasteiger charge is 2.32. The number of ether oxygens (including phenoxy) is 2. The van der Waals surface area contributed by atoms with Crippen molar-refractivity contribution in [3.63, 3.8) is 0 Å². The molecule has 0 spiro atoms. The number of hydrogen-bond donors (Lipinski definition) is 2. The van der Waals surface area contributed by atoms with E-state index in [0.29, 0.717) is 36.6 Å². The minimum atomic E-state index is -0.426. The fraction of sp³-hybridized carbons (Fsp3) is 0.474. The minimum absolute atomic E-state index is 0.174. The number of rotatable bonds is 6. The highest BCUT2D eigenvalue weighted by atomic mass is 35.5. The second kappa shape index (κ2) is 9.23. The molecule has 2 atom stereocenters. The standard InChI is InChI=1S/C19H24ClN5O4/c1-4-12-16(20)24-17(22-12)18(26)23-13-7-8-25(10-14(13)28-2)15-6-5-11(9-21-15)19(27)29-3/h5-6,9,13-14H,4,7-8,10H2,1-3H3,(H,22,24)(H,23,26)/t13-,14+/m1/s1. The van der Waals surface area contributed by atoms with Crippen LogP contribution in [0.5, 0.6) is 0 Å². The first-order chi connectivity index (χ1) is 14.0. The quantitative estimate of drug-likeness (QED) is 0.684. The number of nitrogens with zero attached hydrogens (tertiary/aromatic N) is 3. The number of pyridine rings is 1. The topological polar surface area (TPSA) is 109 Å². The number of imidazole rings is 1. The Morgan fingerprint density at radius 3 is 2.76 bits per heavy atom. The van der Waals surface area contributed by atoms with Crippen LogP contribution in [0.3, 0.4) is 0 Å². The van der Waals surface area contributed by atoms with E-state index in [1.54, 1.807) is 19.2 Å². The second-order valence-corrected chi connectivity index (χ2v) is 7.05. The van der Waals surface area contributed by atoms with E-state index in [0.717, 1.165) is 11.5 Å². The molecule has 1 aliphatic heterocycles. The molecule has 0 unspecified atom stereocenters. The van der Waals surface area contributed by atoms with E-state index in [4.69, 9.17) is 21.1 Å². The van der Waals surface area contributed by atoms with E-state index in [-0.39, 0.29) is 23.9 Å². The van der Waals surface area contributed by atoms with Crippen LogP contribution in [0.1, 0.15) is 40.0 Å². The number of nitrogens with one attached hydrogen (secondary N) is 2. The van der Waals surface area contributed by atoms with E-state index in [9.17, 15) is 9.59 Å². The summed E-state index contributed by atoms with van der Waals surface area (Å²) < 4.78 is 10.3. The SMILES string of the molecule is CCc1[nH]c(C(=O)N[C@@H]2CCN(c3ccc(C(=O)OC)cn3)C[C@@H]2OC)nc1Cl. The van der Waals surface area contributed by atoms with E-state index in [2.05, 4.69) is 25.2 Å². The number of carbonyl (C=O) groups is 2. The lowest BCUT2D eigenvalue weighted by molar-refractivity contribution is 0.0537. The third-order valence-electron chi connectivity index (χ3n) is 4.97. The van der Waals surface area contributed by atoms with Gasteiger partial charge in [0.2, 0.25) is 0 Å². The van der Waals surface area contributed by atoms with Gasteiger partial charge < -0.3 is 24.7 Å². The summed E-state index contributed by atoms with van der Waals surface area (Å²) in [4.78, 5) is 37.5. The summed E-state index contributed by atoms with van der Waals surface area (Å²) in [7, 11) is 2.94. The molecule has 1 fully saturated rings. The summed E-state index contributed by atoms with van der Waals surface area (Å²) in [5, 5.41) is 3.30. The van der Waals surface area contributed by atoms with Gasteiger partial charge in [0.05, 0.1) is 30.5 Å². The maximum atomic E-state index is 12.5. The van der Waals surface area contributed by atoms with Crippen molar-refractivity contribution < 1.29 is 19.1 Å². The number of esters is 1. The van der Waals surface area contributed by atoms with Crippen LogP contribution in [-0.4, -0.2) is 66.3 Å². The molecule has 0 radical (unpaired) electrons. The zero-order valence-corrected chi connectivity index (χ0v) is 17.3. The first-order valence-corrected chi connectivity index (χ1v) is 9.72. The number of aromatic amines is 1. The Morgan fingerprint density at radius 2 is 2.17 bits per heavy atom. The van der Waals surface area contributed by atoms with Crippen molar-refractivity contribution >= 4 is 29.3 Å². The fourth-order valence-electron chi connectivity index (χ4n) is 3.31. The lowest BCUT2D eigenvalue weighted by Crippen LogP contribution is -2.55. The van der Waals surface area contributed by atoms with Crippen molar-refractivity contribution in [1.82, 2.24) is 20.3 Å². The highest BCUT2D eigenvalue weighted by Crippen LogP contribution is 2.21. The van der Waals surface area contributed by atoms with Crippen molar-refractivity contribution in [3.8, 4) is 0 Å². The number of anilines is 1. The van der Waals surface area contributed by atoms with Crippen LogP contribution in [0.15, 0.2) is 18.3 Å². The third kappa shape index (κ3) is 4.68. The van der Waals surface area contributed by atoms with Crippen molar-refractivity contribution in [2.75, 3.05) is 32.2 Å². The Kier molecular flexibility index (Phi) is 6.71. The van der Waals surface area contributed by atoms with Crippen molar-refractivity contribution in [2.45, 2.75) is 31.9 Å². The van der Waals surface area contributed by atoms with Gasteiger partial charge in [-0.1, -0.05) is 18.5 Å². The molecule has 1 amide bonds. The predicted molar refractivity (Wildman–Crippen MR) is 107 cm³/mol. The minimum Gasteiger partial charge on any atom is -0.465 e. The number of aryl methyl sites for hydroxylation is 1. The molecule has 2 N–H and O–H groups in total. The summed E-state index contributed by atoms with van der Waals surface area (Å²) in [6.45, 7) is 3.16. The van der Waals surface area contributed by atoms with Gasteiger partial charge in [-0.15, -0.1) is 0 Å². The third-order valence-corrected chi connectivity index (χ3v) is 5.28. The number of H-pyrrole nitrogens is 1. The van der Waals surface area contributed by atoms with Crippen LogP contribution >= 0.6 is 11.6 Å². The van der Waals surface area contributed by atoms with Gasteiger partial charge in [0.15, 0.2) is 11.0 Å². The smallest absolute Gasteiger partial charge is 0.339 e. The van der Waals surface area contributed by atoms with Crippen LogP contribution < -0.4 is 10.2 Å².